The number of nitrogens with zero attached hydrogens (tertiary/aromatic N) is 1. The lowest BCUT2D eigenvalue weighted by molar-refractivity contribution is 0.173. The van der Waals surface area contributed by atoms with Crippen LogP contribution in [0, 0.1) is 20.8 Å². The van der Waals surface area contributed by atoms with E-state index in [9.17, 15) is 5.11 Å². The first-order valence-electron chi connectivity index (χ1n) is 8.99. The van der Waals surface area contributed by atoms with Crippen molar-refractivity contribution in [1.82, 2.24) is 4.90 Å². The van der Waals surface area contributed by atoms with Gasteiger partial charge in [-0.25, -0.2) is 0 Å². The van der Waals surface area contributed by atoms with Gasteiger partial charge in [-0.1, -0.05) is 12.1 Å². The molecule has 1 fully saturated rings. The molecule has 0 amide bonds. The number of phenols is 1. The Morgan fingerprint density at radius 2 is 1.52 bits per heavy atom. The number of benzene rings is 2. The fourth-order valence-corrected chi connectivity index (χ4v) is 3.98. The van der Waals surface area contributed by atoms with Gasteiger partial charge in [0.1, 0.15) is 5.75 Å². The number of hydrogen-bond donors (Lipinski definition) is 1. The lowest BCUT2D eigenvalue weighted by atomic mass is 9.91. The molecule has 0 aromatic heterocycles. The molecule has 1 unspecified atom stereocenters. The summed E-state index contributed by atoms with van der Waals surface area (Å²) in [6, 6.07) is 8.19. The Bertz CT molecular complexity index is 786. The fourth-order valence-electron chi connectivity index (χ4n) is 3.98. The van der Waals surface area contributed by atoms with Crippen molar-refractivity contribution in [3.63, 3.8) is 0 Å². The molecular weight excluding hydrogens is 314 g/mol. The van der Waals surface area contributed by atoms with Crippen molar-refractivity contribution in [1.29, 1.82) is 0 Å². The first kappa shape index (κ1) is 16.3. The van der Waals surface area contributed by atoms with Gasteiger partial charge < -0.3 is 14.6 Å². The molecular formula is C21H25NO3. The summed E-state index contributed by atoms with van der Waals surface area (Å²) >= 11 is 0. The van der Waals surface area contributed by atoms with E-state index in [1.807, 2.05) is 6.07 Å². The molecule has 1 N–H and O–H groups in total. The third-order valence-electron chi connectivity index (χ3n) is 5.59. The van der Waals surface area contributed by atoms with Crippen LogP contribution in [0.5, 0.6) is 17.2 Å². The quantitative estimate of drug-likeness (QED) is 0.908. The minimum absolute atomic E-state index is 0.0370. The van der Waals surface area contributed by atoms with Crippen LogP contribution in [0.25, 0.3) is 0 Å². The van der Waals surface area contributed by atoms with Crippen LogP contribution < -0.4 is 9.47 Å². The second-order valence-corrected chi connectivity index (χ2v) is 7.19. The van der Waals surface area contributed by atoms with E-state index < -0.39 is 0 Å². The van der Waals surface area contributed by atoms with Crippen molar-refractivity contribution in [3.8, 4) is 17.2 Å². The number of likely N-dealkylation sites (tertiary alicyclic amines) is 1. The Morgan fingerprint density at radius 1 is 0.920 bits per heavy atom. The van der Waals surface area contributed by atoms with E-state index in [-0.39, 0.29) is 18.6 Å². The van der Waals surface area contributed by atoms with E-state index in [1.54, 1.807) is 6.07 Å². The maximum Gasteiger partial charge on any atom is 0.231 e. The summed E-state index contributed by atoms with van der Waals surface area (Å²) in [6.45, 7) is 8.79. The highest BCUT2D eigenvalue weighted by Crippen LogP contribution is 2.44. The molecule has 0 aliphatic carbocycles. The normalized spacial score (nSPS) is 17.9. The minimum atomic E-state index is 0.0370. The molecule has 2 aliphatic rings. The van der Waals surface area contributed by atoms with Crippen LogP contribution in [0.4, 0.5) is 0 Å². The van der Waals surface area contributed by atoms with Gasteiger partial charge in [0.05, 0.1) is 6.04 Å². The van der Waals surface area contributed by atoms with Gasteiger partial charge in [-0.05, 0) is 75.0 Å². The molecule has 0 bridgehead atoms. The van der Waals surface area contributed by atoms with Crippen molar-refractivity contribution < 1.29 is 14.6 Å². The molecule has 2 heterocycles. The maximum atomic E-state index is 10.7. The smallest absolute Gasteiger partial charge is 0.231 e. The van der Waals surface area contributed by atoms with Crippen molar-refractivity contribution in [2.24, 2.45) is 0 Å². The largest absolute Gasteiger partial charge is 0.507 e. The van der Waals surface area contributed by atoms with Crippen LogP contribution in [-0.2, 0) is 0 Å². The molecule has 0 radical (unpaired) electrons. The summed E-state index contributed by atoms with van der Waals surface area (Å²) in [7, 11) is 0. The van der Waals surface area contributed by atoms with Gasteiger partial charge in [0.15, 0.2) is 11.5 Å². The molecule has 0 spiro atoms. The highest BCUT2D eigenvalue weighted by molar-refractivity contribution is 5.54. The third-order valence-corrected chi connectivity index (χ3v) is 5.59. The third kappa shape index (κ3) is 2.85. The van der Waals surface area contributed by atoms with Crippen LogP contribution in [0.2, 0.25) is 0 Å². The van der Waals surface area contributed by atoms with E-state index in [4.69, 9.17) is 9.47 Å². The standard InChI is InChI=1S/C21H25NO3/c1-13-8-16(9-14(2)15(13)3)21(22-6-4-5-7-22)17-10-19-20(11-18(17)23)25-12-24-19/h8-11,21,23H,4-7,12H2,1-3H3. The number of hydrogen-bond acceptors (Lipinski definition) is 4. The topological polar surface area (TPSA) is 41.9 Å². The molecule has 2 aromatic carbocycles. The van der Waals surface area contributed by atoms with E-state index in [0.717, 1.165) is 24.4 Å². The number of fused-ring (bicyclic) bond motifs is 1. The Balaban J connectivity index is 1.85. The second kappa shape index (κ2) is 6.26. The predicted octanol–water partition coefficient (Wildman–Crippen LogP) is 4.23. The van der Waals surface area contributed by atoms with Crippen LogP contribution in [0.3, 0.4) is 0 Å². The molecule has 132 valence electrons. The van der Waals surface area contributed by atoms with Gasteiger partial charge in [0, 0.05) is 11.6 Å². The molecule has 4 nitrogen and oxygen atoms in total. The Morgan fingerprint density at radius 3 is 2.16 bits per heavy atom. The highest BCUT2D eigenvalue weighted by Gasteiger charge is 2.30. The summed E-state index contributed by atoms with van der Waals surface area (Å²) in [5, 5.41) is 10.7. The number of rotatable bonds is 3. The first-order valence-corrected chi connectivity index (χ1v) is 8.99. The van der Waals surface area contributed by atoms with Crippen LogP contribution >= 0.6 is 0 Å². The predicted molar refractivity (Wildman–Crippen MR) is 97.5 cm³/mol. The fraction of sp³-hybridized carbons (Fsp3) is 0.429. The highest BCUT2D eigenvalue weighted by atomic mass is 16.7. The van der Waals surface area contributed by atoms with E-state index in [0.29, 0.717) is 5.75 Å². The van der Waals surface area contributed by atoms with Gasteiger partial charge in [0.2, 0.25) is 6.79 Å². The van der Waals surface area contributed by atoms with Crippen molar-refractivity contribution in [2.45, 2.75) is 39.7 Å². The molecule has 0 saturated carbocycles. The summed E-state index contributed by atoms with van der Waals surface area (Å²) < 4.78 is 11.0. The lowest BCUT2D eigenvalue weighted by Gasteiger charge is -2.30. The Kier molecular flexibility index (Phi) is 4.08. The average Bonchev–Trinajstić information content (AvgIpc) is 3.24. The van der Waals surface area contributed by atoms with Gasteiger partial charge >= 0.3 is 0 Å². The number of ether oxygens (including phenoxy) is 2. The molecule has 2 aliphatic heterocycles. The van der Waals surface area contributed by atoms with E-state index in [1.165, 1.54) is 35.1 Å². The summed E-state index contributed by atoms with van der Waals surface area (Å²) in [5.74, 6) is 1.62. The van der Waals surface area contributed by atoms with Gasteiger partial charge in [-0.3, -0.25) is 4.90 Å². The number of aromatic hydroxyl groups is 1. The Hall–Kier alpha value is -2.20. The number of aryl methyl sites for hydroxylation is 2. The molecule has 4 rings (SSSR count). The summed E-state index contributed by atoms with van der Waals surface area (Å²) in [6.07, 6.45) is 2.40. The average molecular weight is 339 g/mol. The van der Waals surface area contributed by atoms with Crippen LogP contribution in [0.1, 0.15) is 46.7 Å². The van der Waals surface area contributed by atoms with Gasteiger partial charge in [-0.15, -0.1) is 0 Å². The Labute approximate surface area is 149 Å². The zero-order valence-corrected chi connectivity index (χ0v) is 15.1. The molecule has 4 heteroatoms. The minimum Gasteiger partial charge on any atom is -0.507 e. The summed E-state index contributed by atoms with van der Waals surface area (Å²) in [4.78, 5) is 2.46. The molecule has 1 atom stereocenters. The molecule has 2 aromatic rings. The monoisotopic (exact) mass is 339 g/mol. The zero-order valence-electron chi connectivity index (χ0n) is 15.1. The van der Waals surface area contributed by atoms with Gasteiger partial charge in [0.25, 0.3) is 0 Å². The van der Waals surface area contributed by atoms with E-state index in [2.05, 4.69) is 37.8 Å². The van der Waals surface area contributed by atoms with Crippen molar-refractivity contribution in [3.05, 3.63) is 52.1 Å². The van der Waals surface area contributed by atoms with E-state index >= 15 is 0 Å². The van der Waals surface area contributed by atoms with Crippen molar-refractivity contribution >= 4 is 0 Å². The lowest BCUT2D eigenvalue weighted by Crippen LogP contribution is -2.27. The molecule has 1 saturated heterocycles. The summed E-state index contributed by atoms with van der Waals surface area (Å²) in [5.41, 5.74) is 6.04. The zero-order chi connectivity index (χ0) is 17.6. The molecule has 25 heavy (non-hydrogen) atoms. The van der Waals surface area contributed by atoms with Crippen LogP contribution in [0.15, 0.2) is 24.3 Å². The number of phenolic OH excluding ortho intramolecular Hbond substituents is 1. The maximum absolute atomic E-state index is 10.7. The van der Waals surface area contributed by atoms with Crippen LogP contribution in [-0.4, -0.2) is 29.9 Å². The second-order valence-electron chi connectivity index (χ2n) is 7.19. The van der Waals surface area contributed by atoms with Crippen molar-refractivity contribution in [2.75, 3.05) is 19.9 Å². The SMILES string of the molecule is Cc1cc(C(c2cc3c(cc2O)OCO3)N2CCCC2)cc(C)c1C. The first-order chi connectivity index (χ1) is 12.0. The van der Waals surface area contributed by atoms with Gasteiger partial charge in [-0.2, -0.15) is 0 Å².